The van der Waals surface area contributed by atoms with Gasteiger partial charge in [-0.05, 0) is 41.1 Å². The molecule has 0 saturated carbocycles. The fourth-order valence-corrected chi connectivity index (χ4v) is 2.57. The lowest BCUT2D eigenvalue weighted by Crippen LogP contribution is -2.29. The van der Waals surface area contributed by atoms with E-state index in [4.69, 9.17) is 11.6 Å². The molecule has 0 aliphatic heterocycles. The maximum Gasteiger partial charge on any atom is 0.408 e. The first-order chi connectivity index (χ1) is 11.3. The number of carbonyl (C=O) groups excluding carboxylic acids is 1. The van der Waals surface area contributed by atoms with Crippen LogP contribution in [0.2, 0.25) is 5.02 Å². The monoisotopic (exact) mass is 418 g/mol. The minimum Gasteiger partial charge on any atom is -0.358 e. The van der Waals surface area contributed by atoms with Gasteiger partial charge in [0.15, 0.2) is 5.02 Å². The molecular weight excluding hydrogens is 404 g/mol. The lowest BCUT2D eigenvalue weighted by molar-refractivity contribution is -0.389. The summed E-state index contributed by atoms with van der Waals surface area (Å²) in [6.45, 7) is 4.49. The zero-order valence-corrected chi connectivity index (χ0v) is 15.5. The lowest BCUT2D eigenvalue weighted by atomic mass is 10.4. The van der Waals surface area contributed by atoms with Crippen LogP contribution < -0.4 is 5.32 Å². The molecule has 2 aromatic rings. The van der Waals surface area contributed by atoms with E-state index in [9.17, 15) is 14.9 Å². The molecule has 1 amide bonds. The van der Waals surface area contributed by atoms with Crippen LogP contribution in [0.25, 0.3) is 0 Å². The SMILES string of the molecule is Cc1nn(CCCNC(=O)Cn2nc([N+](=O)[O-])c(Cl)c2C)cc1Br. The van der Waals surface area contributed by atoms with Crippen molar-refractivity contribution < 1.29 is 9.72 Å². The molecule has 0 aromatic carbocycles. The molecule has 0 spiro atoms. The van der Waals surface area contributed by atoms with Crippen LogP contribution in [0.1, 0.15) is 17.8 Å². The van der Waals surface area contributed by atoms with Gasteiger partial charge >= 0.3 is 5.82 Å². The van der Waals surface area contributed by atoms with Crippen molar-refractivity contribution in [3.63, 3.8) is 0 Å². The molecule has 0 fully saturated rings. The number of aryl methyl sites for hydroxylation is 2. The van der Waals surface area contributed by atoms with Crippen molar-refractivity contribution in [3.8, 4) is 0 Å². The molecule has 0 aliphatic carbocycles. The molecule has 2 rings (SSSR count). The Morgan fingerprint density at radius 2 is 2.17 bits per heavy atom. The predicted molar refractivity (Wildman–Crippen MR) is 90.9 cm³/mol. The van der Waals surface area contributed by atoms with E-state index in [1.165, 1.54) is 4.68 Å². The average molecular weight is 420 g/mol. The summed E-state index contributed by atoms with van der Waals surface area (Å²) in [4.78, 5) is 22.0. The standard InChI is InChI=1S/C13H16BrClN6O3/c1-8-10(14)6-19(17-8)5-3-4-16-11(22)7-20-9(2)12(15)13(18-20)21(23)24/h6H,3-5,7H2,1-2H3,(H,16,22). The Morgan fingerprint density at radius 3 is 2.71 bits per heavy atom. The van der Waals surface area contributed by atoms with Gasteiger partial charge in [-0.15, -0.1) is 0 Å². The number of aromatic nitrogens is 4. The molecule has 0 radical (unpaired) electrons. The van der Waals surface area contributed by atoms with Gasteiger partial charge in [-0.3, -0.25) is 9.48 Å². The van der Waals surface area contributed by atoms with Crippen LogP contribution >= 0.6 is 27.5 Å². The summed E-state index contributed by atoms with van der Waals surface area (Å²) < 4.78 is 3.97. The normalized spacial score (nSPS) is 10.8. The zero-order valence-electron chi connectivity index (χ0n) is 13.1. The van der Waals surface area contributed by atoms with Crippen LogP contribution in [0, 0.1) is 24.0 Å². The van der Waals surface area contributed by atoms with Gasteiger partial charge in [0.1, 0.15) is 6.54 Å². The van der Waals surface area contributed by atoms with Crippen LogP contribution in [0.5, 0.6) is 0 Å². The molecule has 0 atom stereocenters. The van der Waals surface area contributed by atoms with Gasteiger partial charge in [0.05, 0.1) is 21.0 Å². The molecule has 2 heterocycles. The molecule has 11 heteroatoms. The van der Waals surface area contributed by atoms with E-state index in [2.05, 4.69) is 31.4 Å². The lowest BCUT2D eigenvalue weighted by Gasteiger charge is -2.05. The Labute approximate surface area is 151 Å². The Balaban J connectivity index is 1.81. The fourth-order valence-electron chi connectivity index (χ4n) is 2.05. The van der Waals surface area contributed by atoms with Crippen LogP contribution in [0.3, 0.4) is 0 Å². The Bertz CT molecular complexity index is 753. The summed E-state index contributed by atoms with van der Waals surface area (Å²) in [5.74, 6) is -0.730. The van der Waals surface area contributed by atoms with E-state index in [1.54, 1.807) is 11.6 Å². The van der Waals surface area contributed by atoms with Crippen molar-refractivity contribution >= 4 is 39.3 Å². The number of amides is 1. The summed E-state index contributed by atoms with van der Waals surface area (Å²) in [5, 5.41) is 21.5. The first kappa shape index (κ1) is 18.4. The van der Waals surface area contributed by atoms with E-state index in [0.717, 1.165) is 10.2 Å². The summed E-state index contributed by atoms with van der Waals surface area (Å²) in [7, 11) is 0. The second kappa shape index (κ2) is 7.75. The first-order valence-electron chi connectivity index (χ1n) is 7.13. The number of rotatable bonds is 7. The Morgan fingerprint density at radius 1 is 1.46 bits per heavy atom. The number of hydrogen-bond donors (Lipinski definition) is 1. The molecule has 1 N–H and O–H groups in total. The molecule has 24 heavy (non-hydrogen) atoms. The van der Waals surface area contributed by atoms with Gasteiger partial charge in [-0.2, -0.15) is 9.78 Å². The minimum atomic E-state index is -0.673. The van der Waals surface area contributed by atoms with Gasteiger partial charge in [-0.25, -0.2) is 0 Å². The molecule has 0 unspecified atom stereocenters. The highest BCUT2D eigenvalue weighted by Crippen LogP contribution is 2.26. The van der Waals surface area contributed by atoms with Crippen molar-refractivity contribution in [1.82, 2.24) is 24.9 Å². The third-order valence-corrected chi connectivity index (χ3v) is 4.58. The Hall–Kier alpha value is -1.94. The maximum atomic E-state index is 11.9. The van der Waals surface area contributed by atoms with Crippen LogP contribution in [-0.2, 0) is 17.9 Å². The third-order valence-electron chi connectivity index (χ3n) is 3.36. The molecule has 0 bridgehead atoms. The maximum absolute atomic E-state index is 11.9. The van der Waals surface area contributed by atoms with Crippen LogP contribution in [0.15, 0.2) is 10.7 Å². The third kappa shape index (κ3) is 4.32. The van der Waals surface area contributed by atoms with Gasteiger partial charge in [-0.1, -0.05) is 11.6 Å². The summed E-state index contributed by atoms with van der Waals surface area (Å²) in [6.07, 6.45) is 2.59. The summed E-state index contributed by atoms with van der Waals surface area (Å²) >= 11 is 9.22. The van der Waals surface area contributed by atoms with Crippen molar-refractivity contribution in [2.75, 3.05) is 6.54 Å². The highest BCUT2D eigenvalue weighted by molar-refractivity contribution is 9.10. The summed E-state index contributed by atoms with van der Waals surface area (Å²) in [5.41, 5.74) is 1.29. The van der Waals surface area contributed by atoms with Gasteiger partial charge in [0.2, 0.25) is 5.91 Å². The number of nitrogens with one attached hydrogen (secondary N) is 1. The second-order valence-corrected chi connectivity index (χ2v) is 6.40. The van der Waals surface area contributed by atoms with Gasteiger partial charge in [0.25, 0.3) is 0 Å². The highest BCUT2D eigenvalue weighted by Gasteiger charge is 2.24. The largest absolute Gasteiger partial charge is 0.408 e. The summed E-state index contributed by atoms with van der Waals surface area (Å²) in [6, 6.07) is 0. The molecule has 0 aliphatic rings. The van der Waals surface area contributed by atoms with Gasteiger partial charge in [0, 0.05) is 19.3 Å². The fraction of sp³-hybridized carbons (Fsp3) is 0.462. The van der Waals surface area contributed by atoms with Crippen molar-refractivity contribution in [2.24, 2.45) is 0 Å². The molecular formula is C13H16BrClN6O3. The zero-order chi connectivity index (χ0) is 17.9. The second-order valence-electron chi connectivity index (χ2n) is 5.17. The number of hydrogen-bond acceptors (Lipinski definition) is 5. The number of carbonyl (C=O) groups is 1. The number of halogens is 2. The van der Waals surface area contributed by atoms with Crippen molar-refractivity contribution in [3.05, 3.63) is 37.2 Å². The quantitative estimate of drug-likeness (QED) is 0.420. The average Bonchev–Trinajstić information content (AvgIpc) is 2.98. The highest BCUT2D eigenvalue weighted by atomic mass is 79.9. The first-order valence-corrected chi connectivity index (χ1v) is 8.30. The number of nitrogens with zero attached hydrogens (tertiary/aromatic N) is 5. The number of nitro groups is 1. The molecule has 130 valence electrons. The van der Waals surface area contributed by atoms with E-state index >= 15 is 0 Å². The van der Waals surface area contributed by atoms with E-state index < -0.39 is 10.7 Å². The van der Waals surface area contributed by atoms with E-state index in [1.807, 2.05) is 13.1 Å². The minimum absolute atomic E-state index is 0.0487. The van der Waals surface area contributed by atoms with Gasteiger partial charge < -0.3 is 15.4 Å². The molecule has 0 saturated heterocycles. The van der Waals surface area contributed by atoms with Crippen molar-refractivity contribution in [1.29, 1.82) is 0 Å². The Kier molecular flexibility index (Phi) is 5.94. The van der Waals surface area contributed by atoms with E-state index in [0.29, 0.717) is 25.2 Å². The van der Waals surface area contributed by atoms with Crippen LogP contribution in [-0.4, -0.2) is 36.9 Å². The molecule has 9 nitrogen and oxygen atoms in total. The van der Waals surface area contributed by atoms with Crippen LogP contribution in [0.4, 0.5) is 5.82 Å². The smallest absolute Gasteiger partial charge is 0.358 e. The van der Waals surface area contributed by atoms with E-state index in [-0.39, 0.29) is 17.5 Å². The van der Waals surface area contributed by atoms with Crippen molar-refractivity contribution in [2.45, 2.75) is 33.4 Å². The topological polar surface area (TPSA) is 108 Å². The predicted octanol–water partition coefficient (Wildman–Crippen LogP) is 2.23. The molecule has 2 aromatic heterocycles.